The van der Waals surface area contributed by atoms with Crippen molar-refractivity contribution in [3.63, 3.8) is 0 Å². The van der Waals surface area contributed by atoms with Gasteiger partial charge in [0.15, 0.2) is 0 Å². The molecule has 0 spiro atoms. The van der Waals surface area contributed by atoms with Crippen molar-refractivity contribution in [2.45, 2.75) is 6.42 Å². The minimum Gasteiger partial charge on any atom is -0.495 e. The number of aliphatic hydroxyl groups is 1. The number of anilines is 1. The van der Waals surface area contributed by atoms with Crippen LogP contribution in [0.3, 0.4) is 0 Å². The van der Waals surface area contributed by atoms with E-state index in [1.165, 1.54) is 0 Å². The second kappa shape index (κ2) is 3.97. The van der Waals surface area contributed by atoms with Gasteiger partial charge in [-0.05, 0) is 24.1 Å². The number of hydrogen-bond donors (Lipinski definition) is 2. The van der Waals surface area contributed by atoms with E-state index in [0.717, 1.165) is 5.56 Å². The van der Waals surface area contributed by atoms with Crippen molar-refractivity contribution in [3.05, 3.63) is 23.8 Å². The maximum Gasteiger partial charge on any atom is 0.142 e. The van der Waals surface area contributed by atoms with Gasteiger partial charge >= 0.3 is 0 Å². The van der Waals surface area contributed by atoms with Gasteiger partial charge in [-0.15, -0.1) is 0 Å². The van der Waals surface area contributed by atoms with E-state index in [0.29, 0.717) is 17.9 Å². The van der Waals surface area contributed by atoms with Gasteiger partial charge in [0.1, 0.15) is 5.75 Å². The molecule has 0 aromatic heterocycles. The van der Waals surface area contributed by atoms with Gasteiger partial charge in [0.05, 0.1) is 12.8 Å². The van der Waals surface area contributed by atoms with Crippen LogP contribution in [0.5, 0.6) is 5.75 Å². The van der Waals surface area contributed by atoms with Crippen LogP contribution in [0.25, 0.3) is 0 Å². The highest BCUT2D eigenvalue weighted by atomic mass is 16.5. The molecule has 0 radical (unpaired) electrons. The molecule has 0 fully saturated rings. The molecule has 12 heavy (non-hydrogen) atoms. The van der Waals surface area contributed by atoms with Gasteiger partial charge in [-0.3, -0.25) is 0 Å². The van der Waals surface area contributed by atoms with Gasteiger partial charge in [-0.1, -0.05) is 6.07 Å². The molecule has 0 saturated carbocycles. The largest absolute Gasteiger partial charge is 0.495 e. The molecule has 1 aromatic rings. The van der Waals surface area contributed by atoms with E-state index in [1.54, 1.807) is 13.2 Å². The molecule has 0 amide bonds. The minimum absolute atomic E-state index is 0.146. The summed E-state index contributed by atoms with van der Waals surface area (Å²) in [5, 5.41) is 8.68. The zero-order valence-corrected chi connectivity index (χ0v) is 7.08. The Bertz CT molecular complexity index is 261. The van der Waals surface area contributed by atoms with E-state index < -0.39 is 0 Å². The van der Waals surface area contributed by atoms with Gasteiger partial charge in [-0.2, -0.15) is 0 Å². The Morgan fingerprint density at radius 2 is 2.25 bits per heavy atom. The molecule has 0 atom stereocenters. The van der Waals surface area contributed by atoms with Crippen LogP contribution >= 0.6 is 0 Å². The Morgan fingerprint density at radius 1 is 1.50 bits per heavy atom. The lowest BCUT2D eigenvalue weighted by Crippen LogP contribution is -1.95. The number of aliphatic hydroxyl groups excluding tert-OH is 1. The van der Waals surface area contributed by atoms with Crippen molar-refractivity contribution < 1.29 is 9.84 Å². The van der Waals surface area contributed by atoms with Gasteiger partial charge in [-0.25, -0.2) is 0 Å². The standard InChI is InChI=1S/C9H13NO2/c1-12-9-6-7(4-5-11)2-3-8(9)10/h2-3,6,11H,4-5,10H2,1H3. The number of rotatable bonds is 3. The fourth-order valence-electron chi connectivity index (χ4n) is 1.04. The fraction of sp³-hybridized carbons (Fsp3) is 0.333. The molecule has 0 heterocycles. The smallest absolute Gasteiger partial charge is 0.142 e. The normalized spacial score (nSPS) is 9.83. The Balaban J connectivity index is 2.89. The topological polar surface area (TPSA) is 55.5 Å². The van der Waals surface area contributed by atoms with Crippen LogP contribution in [0.1, 0.15) is 5.56 Å². The number of hydrogen-bond acceptors (Lipinski definition) is 3. The summed E-state index contributed by atoms with van der Waals surface area (Å²) in [6, 6.07) is 5.50. The first-order valence-electron chi connectivity index (χ1n) is 3.81. The van der Waals surface area contributed by atoms with E-state index in [4.69, 9.17) is 15.6 Å². The van der Waals surface area contributed by atoms with Crippen LogP contribution in [0.15, 0.2) is 18.2 Å². The van der Waals surface area contributed by atoms with Gasteiger partial charge in [0.25, 0.3) is 0 Å². The zero-order chi connectivity index (χ0) is 8.97. The summed E-state index contributed by atoms with van der Waals surface area (Å²) in [6.45, 7) is 0.146. The SMILES string of the molecule is COc1cc(CCO)ccc1N. The van der Waals surface area contributed by atoms with Gasteiger partial charge in [0, 0.05) is 6.61 Å². The van der Waals surface area contributed by atoms with Crippen molar-refractivity contribution in [2.75, 3.05) is 19.5 Å². The highest BCUT2D eigenvalue weighted by Gasteiger charge is 1.99. The molecule has 0 aliphatic carbocycles. The number of nitrogens with two attached hydrogens (primary N) is 1. The Labute approximate surface area is 71.8 Å². The lowest BCUT2D eigenvalue weighted by molar-refractivity contribution is 0.299. The van der Waals surface area contributed by atoms with Crippen LogP contribution in [-0.4, -0.2) is 18.8 Å². The van der Waals surface area contributed by atoms with Gasteiger partial charge in [0.2, 0.25) is 0 Å². The first kappa shape index (κ1) is 8.87. The number of benzene rings is 1. The predicted molar refractivity (Wildman–Crippen MR) is 48.2 cm³/mol. The minimum atomic E-state index is 0.146. The Kier molecular flexibility index (Phi) is 2.94. The second-order valence-corrected chi connectivity index (χ2v) is 2.55. The summed E-state index contributed by atoms with van der Waals surface area (Å²) in [6.07, 6.45) is 0.636. The summed E-state index contributed by atoms with van der Waals surface area (Å²) in [4.78, 5) is 0. The molecule has 1 rings (SSSR count). The number of methoxy groups -OCH3 is 1. The van der Waals surface area contributed by atoms with Crippen molar-refractivity contribution in [3.8, 4) is 5.75 Å². The summed E-state index contributed by atoms with van der Waals surface area (Å²) in [5.74, 6) is 0.668. The third-order valence-corrected chi connectivity index (χ3v) is 1.70. The van der Waals surface area contributed by atoms with E-state index in [2.05, 4.69) is 0 Å². The summed E-state index contributed by atoms with van der Waals surface area (Å²) >= 11 is 0. The molecule has 0 aliphatic heterocycles. The summed E-state index contributed by atoms with van der Waals surface area (Å²) < 4.78 is 5.03. The molecular formula is C9H13NO2. The molecule has 0 aliphatic rings. The molecule has 0 unspecified atom stereocenters. The number of nitrogen functional groups attached to an aromatic ring is 1. The molecule has 3 nitrogen and oxygen atoms in total. The quantitative estimate of drug-likeness (QED) is 0.655. The zero-order valence-electron chi connectivity index (χ0n) is 7.08. The first-order chi connectivity index (χ1) is 5.77. The maximum absolute atomic E-state index is 8.68. The van der Waals surface area contributed by atoms with Crippen LogP contribution in [-0.2, 0) is 6.42 Å². The van der Waals surface area contributed by atoms with Crippen LogP contribution in [0, 0.1) is 0 Å². The van der Waals surface area contributed by atoms with Gasteiger partial charge < -0.3 is 15.6 Å². The molecule has 0 bridgehead atoms. The van der Waals surface area contributed by atoms with E-state index in [9.17, 15) is 0 Å². The molecule has 1 aromatic carbocycles. The fourth-order valence-corrected chi connectivity index (χ4v) is 1.04. The van der Waals surface area contributed by atoms with Crippen LogP contribution < -0.4 is 10.5 Å². The summed E-state index contributed by atoms with van der Waals surface area (Å²) in [7, 11) is 1.58. The third kappa shape index (κ3) is 1.89. The number of ether oxygens (including phenoxy) is 1. The average Bonchev–Trinajstić information content (AvgIpc) is 2.09. The van der Waals surface area contributed by atoms with E-state index >= 15 is 0 Å². The van der Waals surface area contributed by atoms with Crippen LogP contribution in [0.2, 0.25) is 0 Å². The molecule has 3 N–H and O–H groups in total. The molecular weight excluding hydrogens is 154 g/mol. The highest BCUT2D eigenvalue weighted by molar-refractivity contribution is 5.53. The van der Waals surface area contributed by atoms with Crippen molar-refractivity contribution in [2.24, 2.45) is 0 Å². The lowest BCUT2D eigenvalue weighted by Gasteiger charge is -2.05. The first-order valence-corrected chi connectivity index (χ1v) is 3.81. The lowest BCUT2D eigenvalue weighted by atomic mass is 10.1. The average molecular weight is 167 g/mol. The van der Waals surface area contributed by atoms with E-state index in [1.807, 2.05) is 12.1 Å². The molecule has 0 saturated heterocycles. The highest BCUT2D eigenvalue weighted by Crippen LogP contribution is 2.21. The molecule has 3 heteroatoms. The van der Waals surface area contributed by atoms with E-state index in [-0.39, 0.29) is 6.61 Å². The Morgan fingerprint density at radius 3 is 2.83 bits per heavy atom. The second-order valence-electron chi connectivity index (χ2n) is 2.55. The molecule has 66 valence electrons. The Hall–Kier alpha value is -1.22. The van der Waals surface area contributed by atoms with Crippen LogP contribution in [0.4, 0.5) is 5.69 Å². The van der Waals surface area contributed by atoms with Crippen molar-refractivity contribution >= 4 is 5.69 Å². The van der Waals surface area contributed by atoms with Crippen molar-refractivity contribution in [1.82, 2.24) is 0 Å². The monoisotopic (exact) mass is 167 g/mol. The predicted octanol–water partition coefficient (Wildman–Crippen LogP) is 0.812. The summed E-state index contributed by atoms with van der Waals surface area (Å²) in [5.41, 5.74) is 7.26. The third-order valence-electron chi connectivity index (χ3n) is 1.70. The van der Waals surface area contributed by atoms with Crippen molar-refractivity contribution in [1.29, 1.82) is 0 Å². The maximum atomic E-state index is 8.68.